The first kappa shape index (κ1) is 26.6. The van der Waals surface area contributed by atoms with E-state index in [1.54, 1.807) is 0 Å². The average Bonchev–Trinajstić information content (AvgIpc) is 3.37. The summed E-state index contributed by atoms with van der Waals surface area (Å²) in [5.41, 5.74) is 8.57. The molecule has 3 aliphatic heterocycles. The Labute approximate surface area is 251 Å². The summed E-state index contributed by atoms with van der Waals surface area (Å²) in [7, 11) is 0. The summed E-state index contributed by atoms with van der Waals surface area (Å²) in [4.78, 5) is 21.2. The maximum absolute atomic E-state index is 12.9. The van der Waals surface area contributed by atoms with Crippen LogP contribution >= 0.6 is 11.8 Å². The SMILES string of the molecule is CCOc1ccc(/C=C2\SC(=Nc3cc4c5c(c3)[C@@H](c3ccccc3)CCN5CC[C@@H]4c3ccccc3)NC2=O)cc1. The number of thioether (sulfide) groups is 1. The van der Waals surface area contributed by atoms with Gasteiger partial charge >= 0.3 is 0 Å². The van der Waals surface area contributed by atoms with Crippen LogP contribution in [0.25, 0.3) is 6.08 Å². The van der Waals surface area contributed by atoms with Crippen LogP contribution in [0.1, 0.15) is 59.4 Å². The van der Waals surface area contributed by atoms with E-state index in [9.17, 15) is 4.79 Å². The quantitative estimate of drug-likeness (QED) is 0.240. The molecule has 0 spiro atoms. The lowest BCUT2D eigenvalue weighted by Crippen LogP contribution is -2.37. The van der Waals surface area contributed by atoms with Crippen molar-refractivity contribution in [3.8, 4) is 5.75 Å². The van der Waals surface area contributed by atoms with Crippen LogP contribution in [0.3, 0.4) is 0 Å². The highest BCUT2D eigenvalue weighted by Gasteiger charge is 2.35. The Bertz CT molecular complexity index is 1590. The minimum Gasteiger partial charge on any atom is -0.494 e. The molecule has 0 unspecified atom stereocenters. The first-order valence-corrected chi connectivity index (χ1v) is 15.5. The minimum atomic E-state index is -0.123. The third-order valence-electron chi connectivity index (χ3n) is 8.37. The molecule has 3 heterocycles. The van der Waals surface area contributed by atoms with Crippen molar-refractivity contribution < 1.29 is 9.53 Å². The average molecular weight is 572 g/mol. The molecular formula is C36H33N3O2S. The van der Waals surface area contributed by atoms with Crippen molar-refractivity contribution in [2.75, 3.05) is 24.6 Å². The molecule has 1 fully saturated rings. The molecule has 6 heteroatoms. The summed E-state index contributed by atoms with van der Waals surface area (Å²) >= 11 is 1.39. The van der Waals surface area contributed by atoms with E-state index in [4.69, 9.17) is 9.73 Å². The highest BCUT2D eigenvalue weighted by atomic mass is 32.2. The van der Waals surface area contributed by atoms with Gasteiger partial charge in [-0.1, -0.05) is 72.8 Å². The fourth-order valence-corrected chi connectivity index (χ4v) is 7.32. The molecule has 0 aromatic heterocycles. The summed E-state index contributed by atoms with van der Waals surface area (Å²) < 4.78 is 5.55. The number of carbonyl (C=O) groups excluding carboxylic acids is 1. The molecule has 0 radical (unpaired) electrons. The van der Waals surface area contributed by atoms with Gasteiger partial charge in [0.05, 0.1) is 17.2 Å². The van der Waals surface area contributed by atoms with E-state index in [1.807, 2.05) is 37.3 Å². The highest BCUT2D eigenvalue weighted by molar-refractivity contribution is 8.18. The van der Waals surface area contributed by atoms with Crippen molar-refractivity contribution in [2.24, 2.45) is 4.99 Å². The van der Waals surface area contributed by atoms with Gasteiger partial charge in [0.15, 0.2) is 5.17 Å². The zero-order valence-corrected chi connectivity index (χ0v) is 24.4. The van der Waals surface area contributed by atoms with Crippen LogP contribution in [0.5, 0.6) is 5.75 Å². The summed E-state index contributed by atoms with van der Waals surface area (Å²) in [5, 5.41) is 3.61. The topological polar surface area (TPSA) is 53.9 Å². The highest BCUT2D eigenvalue weighted by Crippen LogP contribution is 2.50. The van der Waals surface area contributed by atoms with Crippen molar-refractivity contribution in [1.29, 1.82) is 0 Å². The van der Waals surface area contributed by atoms with Crippen molar-refractivity contribution in [3.05, 3.63) is 130 Å². The molecule has 42 heavy (non-hydrogen) atoms. The molecule has 2 atom stereocenters. The fourth-order valence-electron chi connectivity index (χ4n) is 6.48. The molecule has 0 saturated carbocycles. The van der Waals surface area contributed by atoms with Crippen molar-refractivity contribution in [1.82, 2.24) is 5.32 Å². The van der Waals surface area contributed by atoms with Gasteiger partial charge in [-0.2, -0.15) is 0 Å². The van der Waals surface area contributed by atoms with Gasteiger partial charge in [0.2, 0.25) is 0 Å². The number of ether oxygens (including phenoxy) is 1. The molecule has 1 amide bonds. The number of carbonyl (C=O) groups is 1. The summed E-state index contributed by atoms with van der Waals surface area (Å²) in [6.07, 6.45) is 4.06. The monoisotopic (exact) mass is 571 g/mol. The van der Waals surface area contributed by atoms with E-state index in [2.05, 4.69) is 83.0 Å². The number of aliphatic imine (C=N–C) groups is 1. The minimum absolute atomic E-state index is 0.123. The van der Waals surface area contributed by atoms with Crippen LogP contribution in [0.15, 0.2) is 107 Å². The summed E-state index contributed by atoms with van der Waals surface area (Å²) in [6.45, 7) is 4.70. The first-order chi connectivity index (χ1) is 20.7. The predicted molar refractivity (Wildman–Crippen MR) is 173 cm³/mol. The number of amides is 1. The van der Waals surface area contributed by atoms with Crippen molar-refractivity contribution in [2.45, 2.75) is 31.6 Å². The van der Waals surface area contributed by atoms with Gasteiger partial charge in [-0.05, 0) is 89.7 Å². The molecule has 1 N–H and O–H groups in total. The lowest BCUT2D eigenvalue weighted by molar-refractivity contribution is -0.115. The van der Waals surface area contributed by atoms with E-state index >= 15 is 0 Å². The lowest BCUT2D eigenvalue weighted by Gasteiger charge is -2.43. The van der Waals surface area contributed by atoms with Gasteiger partial charge in [0.1, 0.15) is 5.75 Å². The number of nitrogens with zero attached hydrogens (tertiary/aromatic N) is 2. The second kappa shape index (κ2) is 11.5. The van der Waals surface area contributed by atoms with Gasteiger partial charge in [-0.25, -0.2) is 4.99 Å². The standard InChI is InChI=1S/C36H33N3O2S/c1-2-41-28-15-13-24(14-16-28)21-33-35(40)38-36(42-33)37-27-22-31-29(25-9-5-3-6-10-25)17-19-39-20-18-30(32(23-27)34(31)39)26-11-7-4-8-12-26/h3-16,21-23,29-30H,2,17-20H2,1H3,(H,37,38,40)/b33-21-/t29-,30-/m1/s1. The molecule has 0 aliphatic carbocycles. The zero-order chi connectivity index (χ0) is 28.5. The molecule has 210 valence electrons. The van der Waals surface area contributed by atoms with E-state index in [0.717, 1.165) is 42.9 Å². The van der Waals surface area contributed by atoms with Crippen LogP contribution in [-0.4, -0.2) is 30.8 Å². The predicted octanol–water partition coefficient (Wildman–Crippen LogP) is 7.85. The number of rotatable bonds is 6. The van der Waals surface area contributed by atoms with Crippen LogP contribution in [-0.2, 0) is 4.79 Å². The van der Waals surface area contributed by atoms with Crippen molar-refractivity contribution in [3.63, 3.8) is 0 Å². The Morgan fingerprint density at radius 3 is 2.05 bits per heavy atom. The third kappa shape index (κ3) is 5.23. The first-order valence-electron chi connectivity index (χ1n) is 14.7. The number of benzene rings is 4. The molecule has 4 aromatic rings. The largest absolute Gasteiger partial charge is 0.494 e. The number of anilines is 1. The normalized spacial score (nSPS) is 21.4. The van der Waals surface area contributed by atoms with Crippen molar-refractivity contribution >= 4 is 40.3 Å². The van der Waals surface area contributed by atoms with Gasteiger partial charge in [-0.15, -0.1) is 0 Å². The van der Waals surface area contributed by atoms with E-state index in [1.165, 1.54) is 39.7 Å². The summed E-state index contributed by atoms with van der Waals surface area (Å²) in [6, 6.07) is 34.0. The molecule has 3 aliphatic rings. The molecule has 5 nitrogen and oxygen atoms in total. The second-order valence-corrected chi connectivity index (χ2v) is 12.0. The Morgan fingerprint density at radius 2 is 1.48 bits per heavy atom. The van der Waals surface area contributed by atoms with Crippen LogP contribution in [0.2, 0.25) is 0 Å². The number of hydrogen-bond acceptors (Lipinski definition) is 5. The molecule has 4 aromatic carbocycles. The maximum Gasteiger partial charge on any atom is 0.264 e. The molecule has 0 bridgehead atoms. The van der Waals surface area contributed by atoms with Crippen LogP contribution in [0, 0.1) is 0 Å². The Balaban J connectivity index is 1.27. The smallest absolute Gasteiger partial charge is 0.264 e. The molecule has 7 rings (SSSR count). The molecule has 1 saturated heterocycles. The number of hydrogen-bond donors (Lipinski definition) is 1. The molecular weight excluding hydrogens is 538 g/mol. The Hall–Kier alpha value is -4.29. The fraction of sp³-hybridized carbons (Fsp3) is 0.222. The number of nitrogens with one attached hydrogen (secondary N) is 1. The van der Waals surface area contributed by atoms with Gasteiger partial charge < -0.3 is 15.0 Å². The van der Waals surface area contributed by atoms with Gasteiger partial charge in [-0.3, -0.25) is 4.79 Å². The van der Waals surface area contributed by atoms with E-state index < -0.39 is 0 Å². The summed E-state index contributed by atoms with van der Waals surface area (Å²) in [5.74, 6) is 1.32. The van der Waals surface area contributed by atoms with E-state index in [-0.39, 0.29) is 5.91 Å². The van der Waals surface area contributed by atoms with Crippen LogP contribution in [0.4, 0.5) is 11.4 Å². The lowest BCUT2D eigenvalue weighted by atomic mass is 9.76. The van der Waals surface area contributed by atoms with Gasteiger partial charge in [0, 0.05) is 30.6 Å². The Kier molecular flexibility index (Phi) is 7.30. The second-order valence-electron chi connectivity index (χ2n) is 10.9. The van der Waals surface area contributed by atoms with Gasteiger partial charge in [0.25, 0.3) is 5.91 Å². The van der Waals surface area contributed by atoms with Crippen LogP contribution < -0.4 is 15.0 Å². The maximum atomic E-state index is 12.9. The zero-order valence-electron chi connectivity index (χ0n) is 23.6. The Morgan fingerprint density at radius 1 is 0.881 bits per heavy atom. The number of amidine groups is 1. The van der Waals surface area contributed by atoms with E-state index in [0.29, 0.717) is 28.5 Å². The third-order valence-corrected chi connectivity index (χ3v) is 9.28.